The Kier molecular flexibility index (Phi) is 6.02. The largest absolute Gasteiger partial charge is 0.489 e. The van der Waals surface area contributed by atoms with E-state index in [-0.39, 0.29) is 36.8 Å². The van der Waals surface area contributed by atoms with Gasteiger partial charge in [-0.05, 0) is 49.4 Å². The predicted molar refractivity (Wildman–Crippen MR) is 105 cm³/mol. The standard InChI is InChI=1S/C21H23FN2O2.ClH/c22-18-5-2-1-4-16(18)14-26-17-8-6-15(7-9-17)19-10-12-21(24-19)11-3-13-23-20(21)25;/h1-2,4-9,19,24H,3,10-14H2,(H,23,25);1H/t19-,21-;/m0./s1. The Morgan fingerprint density at radius 1 is 1.11 bits per heavy atom. The minimum absolute atomic E-state index is 0. The number of amides is 1. The molecule has 1 amide bonds. The van der Waals surface area contributed by atoms with E-state index >= 15 is 0 Å². The maximum Gasteiger partial charge on any atom is 0.240 e. The summed E-state index contributed by atoms with van der Waals surface area (Å²) in [6, 6.07) is 14.7. The smallest absolute Gasteiger partial charge is 0.240 e. The molecule has 2 aliphatic heterocycles. The lowest BCUT2D eigenvalue weighted by Crippen LogP contribution is -2.57. The Bertz CT molecular complexity index is 799. The van der Waals surface area contributed by atoms with Crippen LogP contribution in [-0.4, -0.2) is 18.0 Å². The highest BCUT2D eigenvalue weighted by Gasteiger charge is 2.45. The molecule has 2 aromatic carbocycles. The highest BCUT2D eigenvalue weighted by molar-refractivity contribution is 5.87. The quantitative estimate of drug-likeness (QED) is 0.832. The van der Waals surface area contributed by atoms with Crippen molar-refractivity contribution < 1.29 is 13.9 Å². The molecule has 27 heavy (non-hydrogen) atoms. The first-order valence-corrected chi connectivity index (χ1v) is 9.18. The number of hydrogen-bond donors (Lipinski definition) is 2. The summed E-state index contributed by atoms with van der Waals surface area (Å²) >= 11 is 0. The molecular weight excluding hydrogens is 367 g/mol. The number of ether oxygens (including phenoxy) is 1. The van der Waals surface area contributed by atoms with Gasteiger partial charge in [0.25, 0.3) is 0 Å². The van der Waals surface area contributed by atoms with Crippen molar-refractivity contribution in [2.24, 2.45) is 0 Å². The minimum atomic E-state index is -0.400. The molecule has 2 aromatic rings. The Morgan fingerprint density at radius 2 is 1.89 bits per heavy atom. The topological polar surface area (TPSA) is 50.4 Å². The zero-order valence-electron chi connectivity index (χ0n) is 15.0. The first-order chi connectivity index (χ1) is 12.7. The molecule has 2 N–H and O–H groups in total. The summed E-state index contributed by atoms with van der Waals surface area (Å²) in [7, 11) is 0. The molecule has 2 atom stereocenters. The highest BCUT2D eigenvalue weighted by atomic mass is 35.5. The van der Waals surface area contributed by atoms with Crippen LogP contribution in [0.3, 0.4) is 0 Å². The summed E-state index contributed by atoms with van der Waals surface area (Å²) in [6.45, 7) is 0.984. The second-order valence-corrected chi connectivity index (χ2v) is 7.13. The zero-order chi connectivity index (χ0) is 18.0. The van der Waals surface area contributed by atoms with Crippen molar-refractivity contribution in [2.45, 2.75) is 43.9 Å². The fraction of sp³-hybridized carbons (Fsp3) is 0.381. The summed E-state index contributed by atoms with van der Waals surface area (Å²) in [5, 5.41) is 6.54. The Balaban J connectivity index is 0.00000210. The maximum absolute atomic E-state index is 13.6. The van der Waals surface area contributed by atoms with Crippen LogP contribution in [0.2, 0.25) is 0 Å². The number of piperidine rings is 1. The molecule has 0 aliphatic carbocycles. The molecule has 2 heterocycles. The van der Waals surface area contributed by atoms with Crippen molar-refractivity contribution in [2.75, 3.05) is 6.54 Å². The van der Waals surface area contributed by atoms with Crippen LogP contribution in [0.25, 0.3) is 0 Å². The Morgan fingerprint density at radius 3 is 2.63 bits per heavy atom. The predicted octanol–water partition coefficient (Wildman–Crippen LogP) is 3.90. The van der Waals surface area contributed by atoms with Crippen LogP contribution < -0.4 is 15.4 Å². The van der Waals surface area contributed by atoms with Crippen LogP contribution in [0, 0.1) is 5.82 Å². The van der Waals surface area contributed by atoms with E-state index in [0.29, 0.717) is 11.3 Å². The Labute approximate surface area is 164 Å². The van der Waals surface area contributed by atoms with E-state index in [2.05, 4.69) is 10.6 Å². The van der Waals surface area contributed by atoms with Crippen LogP contribution in [-0.2, 0) is 11.4 Å². The summed E-state index contributed by atoms with van der Waals surface area (Å²) in [5.41, 5.74) is 1.29. The maximum atomic E-state index is 13.6. The van der Waals surface area contributed by atoms with Crippen LogP contribution in [0.1, 0.15) is 42.9 Å². The summed E-state index contributed by atoms with van der Waals surface area (Å²) < 4.78 is 19.3. The monoisotopic (exact) mass is 390 g/mol. The van der Waals surface area contributed by atoms with Gasteiger partial charge in [-0.25, -0.2) is 4.39 Å². The van der Waals surface area contributed by atoms with E-state index in [0.717, 1.165) is 37.8 Å². The fourth-order valence-corrected chi connectivity index (χ4v) is 3.94. The van der Waals surface area contributed by atoms with Gasteiger partial charge in [0.05, 0.1) is 5.54 Å². The molecular formula is C21H24ClFN2O2. The van der Waals surface area contributed by atoms with Gasteiger partial charge >= 0.3 is 0 Å². The average Bonchev–Trinajstić information content (AvgIpc) is 3.09. The number of halogens is 2. The van der Waals surface area contributed by atoms with E-state index in [4.69, 9.17) is 4.74 Å². The second kappa shape index (κ2) is 8.28. The average molecular weight is 391 g/mol. The molecule has 0 bridgehead atoms. The lowest BCUT2D eigenvalue weighted by atomic mass is 9.88. The van der Waals surface area contributed by atoms with Gasteiger partial charge < -0.3 is 10.1 Å². The third-order valence-electron chi connectivity index (χ3n) is 5.45. The summed E-state index contributed by atoms with van der Waals surface area (Å²) in [5.74, 6) is 0.589. The molecule has 2 fully saturated rings. The number of rotatable bonds is 4. The lowest BCUT2D eigenvalue weighted by Gasteiger charge is -2.33. The van der Waals surface area contributed by atoms with Gasteiger partial charge in [-0.3, -0.25) is 10.1 Å². The SMILES string of the molecule is Cl.O=C1NCCC[C@]12CC[C@@H](c1ccc(OCc3ccccc3F)cc1)N2. The second-order valence-electron chi connectivity index (χ2n) is 7.13. The first kappa shape index (κ1) is 19.6. The van der Waals surface area contributed by atoms with Gasteiger partial charge in [0.2, 0.25) is 5.91 Å². The Hall–Kier alpha value is -2.11. The normalized spacial score (nSPS) is 24.3. The van der Waals surface area contributed by atoms with Crippen LogP contribution >= 0.6 is 12.4 Å². The van der Waals surface area contributed by atoms with Crippen LogP contribution in [0.4, 0.5) is 4.39 Å². The molecule has 0 saturated carbocycles. The molecule has 2 aliphatic rings. The minimum Gasteiger partial charge on any atom is -0.489 e. The summed E-state index contributed by atoms with van der Waals surface area (Å²) in [4.78, 5) is 12.3. The third-order valence-corrected chi connectivity index (χ3v) is 5.45. The van der Waals surface area contributed by atoms with Gasteiger partial charge in [0, 0.05) is 18.2 Å². The molecule has 1 spiro atoms. The molecule has 4 nitrogen and oxygen atoms in total. The van der Waals surface area contributed by atoms with Gasteiger partial charge in [0.1, 0.15) is 18.2 Å². The van der Waals surface area contributed by atoms with E-state index in [1.807, 2.05) is 24.3 Å². The van der Waals surface area contributed by atoms with Gasteiger partial charge in [-0.2, -0.15) is 0 Å². The molecule has 2 saturated heterocycles. The van der Waals surface area contributed by atoms with E-state index < -0.39 is 5.54 Å². The highest BCUT2D eigenvalue weighted by Crippen LogP contribution is 2.37. The van der Waals surface area contributed by atoms with Crippen molar-refractivity contribution in [3.63, 3.8) is 0 Å². The molecule has 6 heteroatoms. The van der Waals surface area contributed by atoms with E-state index in [9.17, 15) is 9.18 Å². The van der Waals surface area contributed by atoms with Crippen molar-refractivity contribution >= 4 is 18.3 Å². The fourth-order valence-electron chi connectivity index (χ4n) is 3.94. The number of carbonyl (C=O) groups excluding carboxylic acids is 1. The number of nitrogens with one attached hydrogen (secondary N) is 2. The van der Waals surface area contributed by atoms with Crippen LogP contribution in [0.15, 0.2) is 48.5 Å². The zero-order valence-corrected chi connectivity index (χ0v) is 15.9. The van der Waals surface area contributed by atoms with E-state index in [1.54, 1.807) is 18.2 Å². The van der Waals surface area contributed by atoms with Crippen molar-refractivity contribution in [3.8, 4) is 5.75 Å². The summed E-state index contributed by atoms with van der Waals surface area (Å²) in [6.07, 6.45) is 3.74. The lowest BCUT2D eigenvalue weighted by molar-refractivity contribution is -0.129. The molecule has 0 radical (unpaired) electrons. The number of hydrogen-bond acceptors (Lipinski definition) is 3. The molecule has 144 valence electrons. The first-order valence-electron chi connectivity index (χ1n) is 9.18. The molecule has 0 unspecified atom stereocenters. The van der Waals surface area contributed by atoms with Gasteiger partial charge in [-0.15, -0.1) is 12.4 Å². The van der Waals surface area contributed by atoms with Crippen molar-refractivity contribution in [3.05, 3.63) is 65.5 Å². The van der Waals surface area contributed by atoms with Gasteiger partial charge in [-0.1, -0.05) is 30.3 Å². The number of carbonyl (C=O) groups is 1. The van der Waals surface area contributed by atoms with Crippen molar-refractivity contribution in [1.29, 1.82) is 0 Å². The van der Waals surface area contributed by atoms with Crippen molar-refractivity contribution in [1.82, 2.24) is 10.6 Å². The third kappa shape index (κ3) is 4.09. The molecule has 4 rings (SSSR count). The van der Waals surface area contributed by atoms with Crippen LogP contribution in [0.5, 0.6) is 5.75 Å². The number of benzene rings is 2. The molecule has 0 aromatic heterocycles. The van der Waals surface area contributed by atoms with E-state index in [1.165, 1.54) is 6.07 Å². The van der Waals surface area contributed by atoms with Gasteiger partial charge in [0.15, 0.2) is 0 Å².